The standard InChI is InChI=1S/C14H14N2O3/c1-2-8-19-12-9-11(14(17)18)15-13(16-12)10-6-4-3-5-7-10/h3-7,9H,2,8H2,1H3,(H,17,18). The number of benzene rings is 1. The second-order valence-corrected chi connectivity index (χ2v) is 3.93. The van der Waals surface area contributed by atoms with E-state index in [2.05, 4.69) is 9.97 Å². The summed E-state index contributed by atoms with van der Waals surface area (Å²) in [5.41, 5.74) is 0.687. The Morgan fingerprint density at radius 3 is 2.63 bits per heavy atom. The first-order valence-corrected chi connectivity index (χ1v) is 6.01. The van der Waals surface area contributed by atoms with Gasteiger partial charge in [0.25, 0.3) is 0 Å². The van der Waals surface area contributed by atoms with Crippen LogP contribution < -0.4 is 4.74 Å². The second-order valence-electron chi connectivity index (χ2n) is 3.93. The summed E-state index contributed by atoms with van der Waals surface area (Å²) in [5.74, 6) is -0.458. The Kier molecular flexibility index (Phi) is 4.07. The van der Waals surface area contributed by atoms with E-state index in [0.717, 1.165) is 12.0 Å². The van der Waals surface area contributed by atoms with Crippen molar-refractivity contribution in [1.29, 1.82) is 0 Å². The Bertz CT molecular complexity index is 570. The molecule has 2 aromatic rings. The molecule has 0 fully saturated rings. The molecule has 0 amide bonds. The fourth-order valence-electron chi connectivity index (χ4n) is 1.53. The van der Waals surface area contributed by atoms with Gasteiger partial charge in [0.2, 0.25) is 5.88 Å². The molecule has 0 unspecified atom stereocenters. The maximum absolute atomic E-state index is 11.1. The molecule has 0 atom stereocenters. The van der Waals surface area contributed by atoms with Crippen molar-refractivity contribution < 1.29 is 14.6 Å². The zero-order valence-corrected chi connectivity index (χ0v) is 10.5. The van der Waals surface area contributed by atoms with E-state index in [9.17, 15) is 4.79 Å². The van der Waals surface area contributed by atoms with Crippen molar-refractivity contribution in [2.45, 2.75) is 13.3 Å². The predicted octanol–water partition coefficient (Wildman–Crippen LogP) is 2.63. The Hall–Kier alpha value is -2.43. The van der Waals surface area contributed by atoms with E-state index in [1.807, 2.05) is 37.3 Å². The maximum Gasteiger partial charge on any atom is 0.354 e. The fraction of sp³-hybridized carbons (Fsp3) is 0.214. The summed E-state index contributed by atoms with van der Waals surface area (Å²) in [6, 6.07) is 10.6. The van der Waals surface area contributed by atoms with Crippen LogP contribution in [0.15, 0.2) is 36.4 Å². The summed E-state index contributed by atoms with van der Waals surface area (Å²) in [5, 5.41) is 9.06. The minimum absolute atomic E-state index is 0.0695. The van der Waals surface area contributed by atoms with Crippen LogP contribution in [0.2, 0.25) is 0 Å². The van der Waals surface area contributed by atoms with Crippen LogP contribution in [-0.4, -0.2) is 27.7 Å². The molecule has 5 nitrogen and oxygen atoms in total. The molecule has 2 rings (SSSR count). The zero-order valence-electron chi connectivity index (χ0n) is 10.5. The van der Waals surface area contributed by atoms with Crippen LogP contribution in [0.3, 0.4) is 0 Å². The lowest BCUT2D eigenvalue weighted by molar-refractivity contribution is 0.0689. The molecule has 1 aromatic heterocycles. The molecule has 5 heteroatoms. The van der Waals surface area contributed by atoms with E-state index in [4.69, 9.17) is 9.84 Å². The van der Waals surface area contributed by atoms with E-state index in [1.165, 1.54) is 6.07 Å². The summed E-state index contributed by atoms with van der Waals surface area (Å²) in [7, 11) is 0. The number of aromatic carboxylic acids is 1. The molecule has 1 N–H and O–H groups in total. The number of aromatic nitrogens is 2. The van der Waals surface area contributed by atoms with Crippen molar-refractivity contribution in [3.63, 3.8) is 0 Å². The van der Waals surface area contributed by atoms with Gasteiger partial charge in [0.15, 0.2) is 11.5 Å². The number of hydrogen-bond donors (Lipinski definition) is 1. The average Bonchev–Trinajstić information content (AvgIpc) is 2.45. The number of ether oxygens (including phenoxy) is 1. The fourth-order valence-corrected chi connectivity index (χ4v) is 1.53. The Morgan fingerprint density at radius 2 is 2.00 bits per heavy atom. The minimum atomic E-state index is -1.10. The maximum atomic E-state index is 11.1. The van der Waals surface area contributed by atoms with Gasteiger partial charge in [-0.2, -0.15) is 4.98 Å². The molecule has 0 aliphatic rings. The Labute approximate surface area is 110 Å². The molecular weight excluding hydrogens is 244 g/mol. The molecule has 0 aliphatic carbocycles. The number of carboxylic acid groups (broad SMARTS) is 1. The van der Waals surface area contributed by atoms with E-state index >= 15 is 0 Å². The average molecular weight is 258 g/mol. The topological polar surface area (TPSA) is 72.3 Å². The molecule has 0 bridgehead atoms. The van der Waals surface area contributed by atoms with Crippen LogP contribution in [0.25, 0.3) is 11.4 Å². The SMILES string of the molecule is CCCOc1cc(C(=O)O)nc(-c2ccccc2)n1. The van der Waals surface area contributed by atoms with Crippen molar-refractivity contribution in [3.8, 4) is 17.3 Å². The summed E-state index contributed by atoms with van der Waals surface area (Å²) >= 11 is 0. The van der Waals surface area contributed by atoms with Gasteiger partial charge in [0.1, 0.15) is 0 Å². The van der Waals surface area contributed by atoms with Gasteiger partial charge in [-0.05, 0) is 6.42 Å². The normalized spacial score (nSPS) is 10.2. The molecule has 0 spiro atoms. The number of nitrogens with zero attached hydrogens (tertiary/aromatic N) is 2. The van der Waals surface area contributed by atoms with Crippen LogP contribution in [-0.2, 0) is 0 Å². The van der Waals surface area contributed by atoms with Gasteiger partial charge >= 0.3 is 5.97 Å². The van der Waals surface area contributed by atoms with Gasteiger partial charge in [-0.1, -0.05) is 37.3 Å². The van der Waals surface area contributed by atoms with Crippen LogP contribution in [0.1, 0.15) is 23.8 Å². The highest BCUT2D eigenvalue weighted by Crippen LogP contribution is 2.19. The Balaban J connectivity index is 2.42. The van der Waals surface area contributed by atoms with Crippen LogP contribution in [0.5, 0.6) is 5.88 Å². The monoisotopic (exact) mass is 258 g/mol. The molecule has 1 aromatic carbocycles. The quantitative estimate of drug-likeness (QED) is 0.892. The van der Waals surface area contributed by atoms with E-state index < -0.39 is 5.97 Å². The molecule has 0 saturated heterocycles. The summed E-state index contributed by atoms with van der Waals surface area (Å²) in [6.45, 7) is 2.46. The van der Waals surface area contributed by atoms with Crippen molar-refractivity contribution >= 4 is 5.97 Å². The van der Waals surface area contributed by atoms with Gasteiger partial charge in [0.05, 0.1) is 6.61 Å². The lowest BCUT2D eigenvalue weighted by Crippen LogP contribution is -2.06. The molecule has 0 radical (unpaired) electrons. The van der Waals surface area contributed by atoms with Crippen LogP contribution in [0, 0.1) is 0 Å². The van der Waals surface area contributed by atoms with Crippen LogP contribution in [0.4, 0.5) is 0 Å². The van der Waals surface area contributed by atoms with Gasteiger partial charge in [0, 0.05) is 11.6 Å². The van der Waals surface area contributed by atoms with Gasteiger partial charge < -0.3 is 9.84 Å². The molecule has 19 heavy (non-hydrogen) atoms. The first kappa shape index (κ1) is 13.0. The predicted molar refractivity (Wildman–Crippen MR) is 70.2 cm³/mol. The number of carbonyl (C=O) groups is 1. The third-order valence-electron chi connectivity index (χ3n) is 2.41. The van der Waals surface area contributed by atoms with Crippen LogP contribution >= 0.6 is 0 Å². The lowest BCUT2D eigenvalue weighted by Gasteiger charge is -2.07. The first-order chi connectivity index (χ1) is 9.20. The highest BCUT2D eigenvalue weighted by Gasteiger charge is 2.12. The molecule has 0 aliphatic heterocycles. The lowest BCUT2D eigenvalue weighted by atomic mass is 10.2. The summed E-state index contributed by atoms with van der Waals surface area (Å²) in [6.07, 6.45) is 0.826. The van der Waals surface area contributed by atoms with Crippen molar-refractivity contribution in [2.24, 2.45) is 0 Å². The largest absolute Gasteiger partial charge is 0.478 e. The highest BCUT2D eigenvalue weighted by molar-refractivity contribution is 5.86. The van der Waals surface area contributed by atoms with Gasteiger partial charge in [-0.15, -0.1) is 0 Å². The number of hydrogen-bond acceptors (Lipinski definition) is 4. The van der Waals surface area contributed by atoms with E-state index in [0.29, 0.717) is 12.4 Å². The summed E-state index contributed by atoms with van der Waals surface area (Å²) < 4.78 is 5.39. The molecule has 1 heterocycles. The van der Waals surface area contributed by atoms with Crippen molar-refractivity contribution in [1.82, 2.24) is 9.97 Å². The van der Waals surface area contributed by atoms with Crippen molar-refractivity contribution in [3.05, 3.63) is 42.1 Å². The third-order valence-corrected chi connectivity index (χ3v) is 2.41. The van der Waals surface area contributed by atoms with Crippen molar-refractivity contribution in [2.75, 3.05) is 6.61 Å². The number of rotatable bonds is 5. The molecule has 98 valence electrons. The Morgan fingerprint density at radius 1 is 1.26 bits per heavy atom. The molecule has 0 saturated carbocycles. The smallest absolute Gasteiger partial charge is 0.354 e. The van der Waals surface area contributed by atoms with E-state index in [-0.39, 0.29) is 11.6 Å². The number of carboxylic acids is 1. The summed E-state index contributed by atoms with van der Waals surface area (Å²) in [4.78, 5) is 19.3. The third kappa shape index (κ3) is 3.28. The zero-order chi connectivity index (χ0) is 13.7. The first-order valence-electron chi connectivity index (χ1n) is 6.01. The van der Waals surface area contributed by atoms with E-state index in [1.54, 1.807) is 0 Å². The minimum Gasteiger partial charge on any atom is -0.478 e. The highest BCUT2D eigenvalue weighted by atomic mass is 16.5. The second kappa shape index (κ2) is 5.95. The molecular formula is C14H14N2O3. The van der Waals surface area contributed by atoms with Gasteiger partial charge in [-0.3, -0.25) is 0 Å². The van der Waals surface area contributed by atoms with Gasteiger partial charge in [-0.25, -0.2) is 9.78 Å².